The fourth-order valence-corrected chi connectivity index (χ4v) is 2.29. The SMILES string of the molecule is CC1(O)CCCN(c2ccc(C(=N)N)cc2)C1. The van der Waals surface area contributed by atoms with Gasteiger partial charge in [-0.2, -0.15) is 0 Å². The van der Waals surface area contributed by atoms with E-state index in [1.165, 1.54) is 0 Å². The molecule has 1 aromatic rings. The highest BCUT2D eigenvalue weighted by Gasteiger charge is 2.28. The maximum Gasteiger partial charge on any atom is 0.122 e. The maximum atomic E-state index is 10.1. The van der Waals surface area contributed by atoms with E-state index in [1.807, 2.05) is 31.2 Å². The van der Waals surface area contributed by atoms with Gasteiger partial charge in [0, 0.05) is 24.3 Å². The molecule has 1 aromatic carbocycles. The summed E-state index contributed by atoms with van der Waals surface area (Å²) < 4.78 is 0. The zero-order valence-electron chi connectivity index (χ0n) is 10.1. The lowest BCUT2D eigenvalue weighted by atomic mass is 9.94. The monoisotopic (exact) mass is 233 g/mol. The van der Waals surface area contributed by atoms with Gasteiger partial charge >= 0.3 is 0 Å². The minimum Gasteiger partial charge on any atom is -0.388 e. The van der Waals surface area contributed by atoms with Gasteiger partial charge in [0.1, 0.15) is 5.84 Å². The molecule has 0 saturated carbocycles. The number of hydrogen-bond donors (Lipinski definition) is 3. The van der Waals surface area contributed by atoms with Crippen LogP contribution >= 0.6 is 0 Å². The van der Waals surface area contributed by atoms with Crippen molar-refractivity contribution in [3.8, 4) is 0 Å². The normalized spacial score (nSPS) is 24.7. The van der Waals surface area contributed by atoms with Gasteiger partial charge in [0.2, 0.25) is 0 Å². The number of aliphatic hydroxyl groups is 1. The Morgan fingerprint density at radius 3 is 2.59 bits per heavy atom. The molecule has 0 aliphatic carbocycles. The third-order valence-electron chi connectivity index (χ3n) is 3.22. The van der Waals surface area contributed by atoms with Crippen molar-refractivity contribution >= 4 is 11.5 Å². The highest BCUT2D eigenvalue weighted by molar-refractivity contribution is 5.95. The topological polar surface area (TPSA) is 73.3 Å². The molecule has 1 saturated heterocycles. The van der Waals surface area contributed by atoms with Gasteiger partial charge in [0.05, 0.1) is 5.60 Å². The lowest BCUT2D eigenvalue weighted by Crippen LogP contribution is -2.46. The van der Waals surface area contributed by atoms with Crippen molar-refractivity contribution in [2.24, 2.45) is 5.73 Å². The molecule has 0 aromatic heterocycles. The van der Waals surface area contributed by atoms with Crippen LogP contribution in [0.5, 0.6) is 0 Å². The molecule has 2 rings (SSSR count). The van der Waals surface area contributed by atoms with E-state index >= 15 is 0 Å². The van der Waals surface area contributed by atoms with Crippen LogP contribution in [0.4, 0.5) is 5.69 Å². The molecule has 1 aliphatic heterocycles. The third kappa shape index (κ3) is 2.77. The van der Waals surface area contributed by atoms with Gasteiger partial charge in [-0.05, 0) is 44.0 Å². The van der Waals surface area contributed by atoms with Crippen molar-refractivity contribution in [3.05, 3.63) is 29.8 Å². The van der Waals surface area contributed by atoms with Crippen molar-refractivity contribution in [2.45, 2.75) is 25.4 Å². The van der Waals surface area contributed by atoms with Crippen LogP contribution in [0.15, 0.2) is 24.3 Å². The van der Waals surface area contributed by atoms with Crippen molar-refractivity contribution in [3.63, 3.8) is 0 Å². The van der Waals surface area contributed by atoms with Gasteiger partial charge in [-0.1, -0.05) is 0 Å². The molecule has 1 aliphatic rings. The second-order valence-electron chi connectivity index (χ2n) is 4.98. The van der Waals surface area contributed by atoms with Crippen LogP contribution in [-0.2, 0) is 0 Å². The molecular weight excluding hydrogens is 214 g/mol. The van der Waals surface area contributed by atoms with E-state index in [1.54, 1.807) is 0 Å². The Morgan fingerprint density at radius 1 is 1.41 bits per heavy atom. The van der Waals surface area contributed by atoms with E-state index in [2.05, 4.69) is 4.90 Å². The standard InChI is InChI=1S/C13H19N3O/c1-13(17)7-2-8-16(9-13)11-5-3-10(4-6-11)12(14)15/h3-6,17H,2,7-9H2,1H3,(H3,14,15). The van der Waals surface area contributed by atoms with Crippen LogP contribution in [0.2, 0.25) is 0 Å². The molecule has 1 fully saturated rings. The smallest absolute Gasteiger partial charge is 0.122 e. The minimum atomic E-state index is -0.600. The first-order chi connectivity index (χ1) is 7.98. The number of nitrogens with two attached hydrogens (primary N) is 1. The summed E-state index contributed by atoms with van der Waals surface area (Å²) in [5, 5.41) is 17.4. The lowest BCUT2D eigenvalue weighted by Gasteiger charge is -2.38. The molecular formula is C13H19N3O. The lowest BCUT2D eigenvalue weighted by molar-refractivity contribution is 0.0449. The van der Waals surface area contributed by atoms with Crippen LogP contribution in [-0.4, -0.2) is 29.6 Å². The summed E-state index contributed by atoms with van der Waals surface area (Å²) in [5.41, 5.74) is 6.63. The number of nitrogens with one attached hydrogen (secondary N) is 1. The van der Waals surface area contributed by atoms with E-state index in [0.29, 0.717) is 6.54 Å². The van der Waals surface area contributed by atoms with E-state index < -0.39 is 5.60 Å². The summed E-state index contributed by atoms with van der Waals surface area (Å²) in [6.07, 6.45) is 1.86. The van der Waals surface area contributed by atoms with Crippen LogP contribution in [0.1, 0.15) is 25.3 Å². The largest absolute Gasteiger partial charge is 0.388 e. The number of rotatable bonds is 2. The zero-order chi connectivity index (χ0) is 12.5. The predicted octanol–water partition coefficient (Wildman–Crippen LogP) is 1.32. The molecule has 0 amide bonds. The van der Waals surface area contributed by atoms with Crippen LogP contribution in [0.3, 0.4) is 0 Å². The van der Waals surface area contributed by atoms with E-state index in [4.69, 9.17) is 11.1 Å². The molecule has 17 heavy (non-hydrogen) atoms. The Labute approximate surface area is 102 Å². The van der Waals surface area contributed by atoms with E-state index in [0.717, 1.165) is 30.6 Å². The first-order valence-corrected chi connectivity index (χ1v) is 5.90. The Hall–Kier alpha value is -1.55. The Morgan fingerprint density at radius 2 is 2.06 bits per heavy atom. The van der Waals surface area contributed by atoms with Gasteiger partial charge in [-0.15, -0.1) is 0 Å². The molecule has 1 unspecified atom stereocenters. The Balaban J connectivity index is 2.14. The minimum absolute atomic E-state index is 0.0854. The Kier molecular flexibility index (Phi) is 3.07. The number of benzene rings is 1. The molecule has 0 spiro atoms. The van der Waals surface area contributed by atoms with Crippen LogP contribution in [0, 0.1) is 5.41 Å². The fourth-order valence-electron chi connectivity index (χ4n) is 2.29. The highest BCUT2D eigenvalue weighted by atomic mass is 16.3. The summed E-state index contributed by atoms with van der Waals surface area (Å²) in [5.74, 6) is 0.0854. The Bertz CT molecular complexity index is 411. The van der Waals surface area contributed by atoms with Gasteiger partial charge in [-0.25, -0.2) is 0 Å². The van der Waals surface area contributed by atoms with Crippen molar-refractivity contribution in [1.82, 2.24) is 0 Å². The predicted molar refractivity (Wildman–Crippen MR) is 69.5 cm³/mol. The molecule has 0 radical (unpaired) electrons. The number of hydrogen-bond acceptors (Lipinski definition) is 3. The van der Waals surface area contributed by atoms with Crippen LogP contribution < -0.4 is 10.6 Å². The fraction of sp³-hybridized carbons (Fsp3) is 0.462. The second-order valence-corrected chi connectivity index (χ2v) is 4.98. The molecule has 92 valence electrons. The van der Waals surface area contributed by atoms with Gasteiger partial charge < -0.3 is 15.7 Å². The summed E-state index contributed by atoms with van der Waals surface area (Å²) in [7, 11) is 0. The third-order valence-corrected chi connectivity index (χ3v) is 3.22. The molecule has 1 atom stereocenters. The zero-order valence-corrected chi connectivity index (χ0v) is 10.1. The number of anilines is 1. The number of nitrogen functional groups attached to an aromatic ring is 1. The molecule has 1 heterocycles. The number of β-amino-alcohol motifs (C(OH)–C–C–N with tert-alkyl or cyclic N) is 1. The van der Waals surface area contributed by atoms with Crippen molar-refractivity contribution < 1.29 is 5.11 Å². The average Bonchev–Trinajstić information content (AvgIpc) is 2.28. The molecule has 4 heteroatoms. The van der Waals surface area contributed by atoms with E-state index in [-0.39, 0.29) is 5.84 Å². The number of amidine groups is 1. The van der Waals surface area contributed by atoms with Gasteiger partial charge in [0.15, 0.2) is 0 Å². The second kappa shape index (κ2) is 4.37. The number of nitrogens with zero attached hydrogens (tertiary/aromatic N) is 1. The van der Waals surface area contributed by atoms with Crippen molar-refractivity contribution in [1.29, 1.82) is 5.41 Å². The van der Waals surface area contributed by atoms with Crippen LogP contribution in [0.25, 0.3) is 0 Å². The average molecular weight is 233 g/mol. The first-order valence-electron chi connectivity index (χ1n) is 5.90. The summed E-state index contributed by atoms with van der Waals surface area (Å²) in [4.78, 5) is 2.17. The van der Waals surface area contributed by atoms with Gasteiger partial charge in [0.25, 0.3) is 0 Å². The van der Waals surface area contributed by atoms with E-state index in [9.17, 15) is 5.11 Å². The summed E-state index contributed by atoms with van der Waals surface area (Å²) >= 11 is 0. The first kappa shape index (κ1) is 11.9. The molecule has 4 N–H and O–H groups in total. The van der Waals surface area contributed by atoms with Crippen molar-refractivity contribution in [2.75, 3.05) is 18.0 Å². The molecule has 4 nitrogen and oxygen atoms in total. The highest BCUT2D eigenvalue weighted by Crippen LogP contribution is 2.25. The quantitative estimate of drug-likeness (QED) is 0.533. The van der Waals surface area contributed by atoms with Gasteiger partial charge in [-0.3, -0.25) is 5.41 Å². The molecule has 0 bridgehead atoms. The number of piperidine rings is 1. The summed E-state index contributed by atoms with van der Waals surface area (Å²) in [6.45, 7) is 3.51. The maximum absolute atomic E-state index is 10.1. The summed E-state index contributed by atoms with van der Waals surface area (Å²) in [6, 6.07) is 7.61.